The molecule has 2 N–H and O–H groups in total. The summed E-state index contributed by atoms with van der Waals surface area (Å²) in [5.74, 6) is 0.331. The van der Waals surface area contributed by atoms with Crippen molar-refractivity contribution in [1.82, 2.24) is 0 Å². The molecule has 1 rings (SSSR count). The lowest BCUT2D eigenvalue weighted by molar-refractivity contribution is 0.132. The Morgan fingerprint density at radius 1 is 1.50 bits per heavy atom. The molecule has 0 radical (unpaired) electrons. The zero-order valence-corrected chi connectivity index (χ0v) is 9.64. The van der Waals surface area contributed by atoms with Crippen molar-refractivity contribution < 1.29 is 12.6 Å². The predicted octanol–water partition coefficient (Wildman–Crippen LogP) is 1.42. The monoisotopic (exact) mass is 221 g/mol. The van der Waals surface area contributed by atoms with Gasteiger partial charge in [-0.1, -0.05) is 20.3 Å². The molecule has 84 valence electrons. The van der Waals surface area contributed by atoms with Gasteiger partial charge >= 0.3 is 10.3 Å². The van der Waals surface area contributed by atoms with E-state index >= 15 is 0 Å². The minimum absolute atomic E-state index is 0.238. The van der Waals surface area contributed by atoms with Gasteiger partial charge in [0.05, 0.1) is 6.61 Å². The van der Waals surface area contributed by atoms with Gasteiger partial charge in [0.1, 0.15) is 0 Å². The molecule has 0 spiro atoms. The Morgan fingerprint density at radius 2 is 2.14 bits per heavy atom. The lowest BCUT2D eigenvalue weighted by Crippen LogP contribution is -2.28. The third-order valence-electron chi connectivity index (χ3n) is 2.78. The minimum atomic E-state index is -3.76. The van der Waals surface area contributed by atoms with E-state index in [1.807, 2.05) is 0 Å². The van der Waals surface area contributed by atoms with Gasteiger partial charge in [-0.3, -0.25) is 4.18 Å². The maximum Gasteiger partial charge on any atom is 0.333 e. The molecule has 1 fully saturated rings. The molecule has 0 aromatic heterocycles. The van der Waals surface area contributed by atoms with Crippen LogP contribution in [0, 0.1) is 11.3 Å². The predicted molar refractivity (Wildman–Crippen MR) is 54.8 cm³/mol. The van der Waals surface area contributed by atoms with Crippen LogP contribution in [0.5, 0.6) is 0 Å². The Morgan fingerprint density at radius 3 is 2.64 bits per heavy atom. The zero-order chi connectivity index (χ0) is 10.8. The molecule has 0 aromatic carbocycles. The lowest BCUT2D eigenvalue weighted by atomic mass is 9.72. The number of nitrogens with two attached hydrogens (primary N) is 1. The average Bonchev–Trinajstić information content (AvgIpc) is 1.98. The molecule has 0 heterocycles. The molecular formula is C9H19NO3S. The molecule has 0 aromatic rings. The summed E-state index contributed by atoms with van der Waals surface area (Å²) >= 11 is 0. The van der Waals surface area contributed by atoms with Gasteiger partial charge in [-0.05, 0) is 30.6 Å². The van der Waals surface area contributed by atoms with Crippen LogP contribution in [-0.4, -0.2) is 15.0 Å². The molecule has 0 amide bonds. The summed E-state index contributed by atoms with van der Waals surface area (Å²) in [4.78, 5) is 0. The van der Waals surface area contributed by atoms with Gasteiger partial charge < -0.3 is 0 Å². The molecule has 0 saturated heterocycles. The van der Waals surface area contributed by atoms with E-state index < -0.39 is 10.3 Å². The molecule has 0 aliphatic heterocycles. The second-order valence-electron chi connectivity index (χ2n) is 4.90. The molecule has 5 heteroatoms. The smallest absolute Gasteiger partial charge is 0.258 e. The first kappa shape index (κ1) is 11.9. The Labute approximate surface area is 86.1 Å². The first-order chi connectivity index (χ1) is 6.29. The summed E-state index contributed by atoms with van der Waals surface area (Å²) in [6.07, 6.45) is 4.41. The average molecular weight is 221 g/mol. The molecular weight excluding hydrogens is 202 g/mol. The number of hydrogen-bond acceptors (Lipinski definition) is 3. The van der Waals surface area contributed by atoms with E-state index in [-0.39, 0.29) is 6.61 Å². The molecule has 14 heavy (non-hydrogen) atoms. The van der Waals surface area contributed by atoms with Crippen LogP contribution >= 0.6 is 0 Å². The van der Waals surface area contributed by atoms with Crippen molar-refractivity contribution in [2.45, 2.75) is 39.5 Å². The second kappa shape index (κ2) is 4.16. The summed E-state index contributed by atoms with van der Waals surface area (Å²) in [5, 5.41) is 4.77. The first-order valence-corrected chi connectivity index (χ1v) is 6.43. The van der Waals surface area contributed by atoms with E-state index in [9.17, 15) is 8.42 Å². The summed E-state index contributed by atoms with van der Waals surface area (Å²) in [5.41, 5.74) is 0.310. The van der Waals surface area contributed by atoms with Gasteiger partial charge in [0.2, 0.25) is 0 Å². The van der Waals surface area contributed by atoms with Crippen molar-refractivity contribution in [3.63, 3.8) is 0 Å². The van der Waals surface area contributed by atoms with Crippen LogP contribution in [0.2, 0.25) is 0 Å². The molecule has 1 atom stereocenters. The topological polar surface area (TPSA) is 69.4 Å². The minimum Gasteiger partial charge on any atom is -0.258 e. The van der Waals surface area contributed by atoms with Gasteiger partial charge in [0, 0.05) is 0 Å². The highest BCUT2D eigenvalue weighted by Gasteiger charge is 2.28. The highest BCUT2D eigenvalue weighted by molar-refractivity contribution is 7.84. The van der Waals surface area contributed by atoms with Crippen LogP contribution in [0.4, 0.5) is 0 Å². The van der Waals surface area contributed by atoms with Crippen molar-refractivity contribution in [2.75, 3.05) is 6.61 Å². The Hall–Kier alpha value is -0.130. The van der Waals surface area contributed by atoms with Gasteiger partial charge in [-0.15, -0.1) is 0 Å². The Kier molecular flexibility index (Phi) is 3.55. The van der Waals surface area contributed by atoms with Crippen LogP contribution in [0.1, 0.15) is 39.5 Å². The van der Waals surface area contributed by atoms with Crippen molar-refractivity contribution >= 4 is 10.3 Å². The fraction of sp³-hybridized carbons (Fsp3) is 1.00. The van der Waals surface area contributed by atoms with Crippen LogP contribution in [0.3, 0.4) is 0 Å². The quantitative estimate of drug-likeness (QED) is 0.783. The maximum absolute atomic E-state index is 10.6. The largest absolute Gasteiger partial charge is 0.333 e. The molecule has 1 aliphatic carbocycles. The number of rotatable bonds is 3. The van der Waals surface area contributed by atoms with Gasteiger partial charge in [-0.2, -0.15) is 8.42 Å². The van der Waals surface area contributed by atoms with E-state index in [4.69, 9.17) is 5.14 Å². The third kappa shape index (κ3) is 4.39. The molecule has 0 bridgehead atoms. The van der Waals surface area contributed by atoms with Crippen molar-refractivity contribution in [1.29, 1.82) is 0 Å². The van der Waals surface area contributed by atoms with Crippen LogP contribution in [0.15, 0.2) is 0 Å². The van der Waals surface area contributed by atoms with Gasteiger partial charge in [-0.25, -0.2) is 5.14 Å². The summed E-state index contributed by atoms with van der Waals surface area (Å²) < 4.78 is 25.8. The highest BCUT2D eigenvalue weighted by Crippen LogP contribution is 2.38. The van der Waals surface area contributed by atoms with Crippen LogP contribution in [0.25, 0.3) is 0 Å². The highest BCUT2D eigenvalue weighted by atomic mass is 32.2. The fourth-order valence-corrected chi connectivity index (χ4v) is 2.57. The maximum atomic E-state index is 10.6. The second-order valence-corrected chi connectivity index (χ2v) is 6.13. The molecule has 1 aliphatic rings. The summed E-state index contributed by atoms with van der Waals surface area (Å²) in [7, 11) is -3.76. The zero-order valence-electron chi connectivity index (χ0n) is 8.82. The normalized spacial score (nSPS) is 27.5. The van der Waals surface area contributed by atoms with E-state index in [1.54, 1.807) is 0 Å². The first-order valence-electron chi connectivity index (χ1n) is 4.96. The molecule has 4 nitrogen and oxygen atoms in total. The lowest BCUT2D eigenvalue weighted by Gasteiger charge is -2.34. The molecule has 1 saturated carbocycles. The number of hydrogen-bond donors (Lipinski definition) is 1. The van der Waals surface area contributed by atoms with Crippen LogP contribution in [-0.2, 0) is 14.5 Å². The van der Waals surface area contributed by atoms with Gasteiger partial charge in [0.15, 0.2) is 0 Å². The standard InChI is InChI=1S/C9H19NO3S/c1-9(2)5-3-4-8(6-9)7-13-14(10,11)12/h8H,3-7H2,1-2H3,(H2,10,11,12). The third-order valence-corrected chi connectivity index (χ3v) is 3.24. The SMILES string of the molecule is CC1(C)CCCC(COS(N)(=O)=O)C1. The van der Waals surface area contributed by atoms with E-state index in [0.717, 1.165) is 19.3 Å². The Bertz CT molecular complexity index is 284. The van der Waals surface area contributed by atoms with Crippen molar-refractivity contribution in [2.24, 2.45) is 16.5 Å². The van der Waals surface area contributed by atoms with E-state index in [2.05, 4.69) is 18.0 Å². The van der Waals surface area contributed by atoms with E-state index in [1.165, 1.54) is 6.42 Å². The summed E-state index contributed by atoms with van der Waals surface area (Å²) in [6.45, 7) is 4.65. The van der Waals surface area contributed by atoms with E-state index in [0.29, 0.717) is 11.3 Å². The molecule has 1 unspecified atom stereocenters. The van der Waals surface area contributed by atoms with Crippen molar-refractivity contribution in [3.8, 4) is 0 Å². The van der Waals surface area contributed by atoms with Gasteiger partial charge in [0.25, 0.3) is 0 Å². The van der Waals surface area contributed by atoms with Crippen molar-refractivity contribution in [3.05, 3.63) is 0 Å². The Balaban J connectivity index is 2.39. The van der Waals surface area contributed by atoms with Crippen LogP contribution < -0.4 is 5.14 Å². The summed E-state index contributed by atoms with van der Waals surface area (Å²) in [6, 6.07) is 0. The fourth-order valence-electron chi connectivity index (χ4n) is 2.19.